The Kier molecular flexibility index (Phi) is 5.11. The largest absolute Gasteiger partial charge is 0.394 e. The quantitative estimate of drug-likeness (QED) is 0.809. The molecule has 0 aliphatic carbocycles. The fraction of sp³-hybridized carbons (Fsp3) is 0.643. The van der Waals surface area contributed by atoms with Crippen LogP contribution in [0.25, 0.3) is 0 Å². The summed E-state index contributed by atoms with van der Waals surface area (Å²) < 4.78 is 0. The highest BCUT2D eigenvalue weighted by Crippen LogP contribution is 2.22. The van der Waals surface area contributed by atoms with Gasteiger partial charge in [-0.2, -0.15) is 0 Å². The molecule has 0 aliphatic rings. The predicted octanol–water partition coefficient (Wildman–Crippen LogP) is 1.73. The van der Waals surface area contributed by atoms with Gasteiger partial charge in [-0.3, -0.25) is 0 Å². The minimum atomic E-state index is -0.370. The lowest BCUT2D eigenvalue weighted by atomic mass is 10.0. The van der Waals surface area contributed by atoms with E-state index in [1.54, 1.807) is 0 Å². The first-order valence-corrected chi connectivity index (χ1v) is 6.40. The normalized spacial score (nSPS) is 11.7. The van der Waals surface area contributed by atoms with E-state index in [2.05, 4.69) is 11.9 Å². The second-order valence-electron chi connectivity index (χ2n) is 5.26. The molecule has 2 N–H and O–H groups in total. The summed E-state index contributed by atoms with van der Waals surface area (Å²) in [5.74, 6) is 0.795. The number of aliphatic hydroxyl groups is 2. The number of hydrogen-bond donors (Lipinski definition) is 2. The highest BCUT2D eigenvalue weighted by Gasteiger charge is 2.24. The van der Waals surface area contributed by atoms with Gasteiger partial charge < -0.3 is 15.1 Å². The van der Waals surface area contributed by atoms with E-state index in [1.165, 1.54) is 0 Å². The van der Waals surface area contributed by atoms with Gasteiger partial charge in [0.25, 0.3) is 0 Å². The van der Waals surface area contributed by atoms with Crippen molar-refractivity contribution in [2.45, 2.75) is 45.8 Å². The average molecular weight is 252 g/mol. The van der Waals surface area contributed by atoms with Crippen molar-refractivity contribution in [2.75, 3.05) is 18.6 Å². The first-order valence-electron chi connectivity index (χ1n) is 6.40. The maximum Gasteiger partial charge on any atom is 0.129 e. The predicted molar refractivity (Wildman–Crippen MR) is 73.7 cm³/mol. The molecule has 0 spiro atoms. The zero-order valence-corrected chi connectivity index (χ0v) is 11.8. The molecule has 1 aromatic rings. The van der Waals surface area contributed by atoms with Crippen LogP contribution in [0.4, 0.5) is 5.82 Å². The minimum Gasteiger partial charge on any atom is -0.394 e. The molecule has 102 valence electrons. The van der Waals surface area contributed by atoms with E-state index in [1.807, 2.05) is 37.9 Å². The van der Waals surface area contributed by atoms with E-state index in [0.717, 1.165) is 29.9 Å². The van der Waals surface area contributed by atoms with Crippen LogP contribution < -0.4 is 4.90 Å². The first-order chi connectivity index (χ1) is 8.44. The van der Waals surface area contributed by atoms with Gasteiger partial charge in [-0.05, 0) is 38.0 Å². The third kappa shape index (κ3) is 3.43. The molecule has 0 bridgehead atoms. The number of pyridine rings is 1. The molecule has 0 saturated carbocycles. The SMILES string of the molecule is CCCc1cc(CO)cc(N(C)C(C)(C)CO)n1. The molecular weight excluding hydrogens is 228 g/mol. The number of aromatic nitrogens is 1. The molecule has 18 heavy (non-hydrogen) atoms. The molecular formula is C14H24N2O2. The van der Waals surface area contributed by atoms with Gasteiger partial charge in [-0.15, -0.1) is 0 Å². The van der Waals surface area contributed by atoms with Gasteiger partial charge >= 0.3 is 0 Å². The smallest absolute Gasteiger partial charge is 0.129 e. The number of nitrogens with zero attached hydrogens (tertiary/aromatic N) is 2. The van der Waals surface area contributed by atoms with E-state index in [-0.39, 0.29) is 18.8 Å². The van der Waals surface area contributed by atoms with Gasteiger partial charge in [0, 0.05) is 12.7 Å². The fourth-order valence-electron chi connectivity index (χ4n) is 1.70. The Balaban J connectivity index is 3.11. The van der Waals surface area contributed by atoms with E-state index in [4.69, 9.17) is 0 Å². The first kappa shape index (κ1) is 14.9. The zero-order valence-electron chi connectivity index (χ0n) is 11.8. The van der Waals surface area contributed by atoms with E-state index >= 15 is 0 Å². The lowest BCUT2D eigenvalue weighted by Crippen LogP contribution is -2.45. The summed E-state index contributed by atoms with van der Waals surface area (Å²) in [4.78, 5) is 6.54. The lowest BCUT2D eigenvalue weighted by molar-refractivity contribution is 0.215. The molecule has 0 aromatic carbocycles. The highest BCUT2D eigenvalue weighted by atomic mass is 16.3. The second kappa shape index (κ2) is 6.16. The average Bonchev–Trinajstić information content (AvgIpc) is 2.37. The third-order valence-electron chi connectivity index (χ3n) is 3.25. The van der Waals surface area contributed by atoms with Gasteiger partial charge in [-0.1, -0.05) is 13.3 Å². The summed E-state index contributed by atoms with van der Waals surface area (Å²) in [5.41, 5.74) is 1.48. The van der Waals surface area contributed by atoms with Gasteiger partial charge in [0.1, 0.15) is 5.82 Å². The van der Waals surface area contributed by atoms with Crippen LogP contribution in [0.1, 0.15) is 38.4 Å². The van der Waals surface area contributed by atoms with Crippen LogP contribution in [0.5, 0.6) is 0 Å². The van der Waals surface area contributed by atoms with Crippen molar-refractivity contribution in [3.8, 4) is 0 Å². The Morgan fingerprint density at radius 1 is 1.28 bits per heavy atom. The number of hydrogen-bond acceptors (Lipinski definition) is 4. The Bertz CT molecular complexity index is 391. The molecule has 0 saturated heterocycles. The molecule has 0 aliphatic heterocycles. The Morgan fingerprint density at radius 3 is 2.44 bits per heavy atom. The van der Waals surface area contributed by atoms with Gasteiger partial charge in [0.05, 0.1) is 18.8 Å². The van der Waals surface area contributed by atoms with Crippen molar-refractivity contribution in [3.05, 3.63) is 23.4 Å². The lowest BCUT2D eigenvalue weighted by Gasteiger charge is -2.35. The van der Waals surface area contributed by atoms with E-state index in [9.17, 15) is 10.2 Å². The summed E-state index contributed by atoms with van der Waals surface area (Å²) in [6, 6.07) is 3.81. The molecule has 4 nitrogen and oxygen atoms in total. The summed E-state index contributed by atoms with van der Waals surface area (Å²) in [6.07, 6.45) is 1.92. The van der Waals surface area contributed by atoms with Crippen LogP contribution in [0, 0.1) is 0 Å². The minimum absolute atomic E-state index is 0.0135. The second-order valence-corrected chi connectivity index (χ2v) is 5.26. The van der Waals surface area contributed by atoms with E-state index in [0.29, 0.717) is 0 Å². The van der Waals surface area contributed by atoms with Crippen molar-refractivity contribution in [1.82, 2.24) is 4.98 Å². The summed E-state index contributed by atoms with van der Waals surface area (Å²) in [6.45, 7) is 6.09. The molecule has 0 fully saturated rings. The van der Waals surface area contributed by atoms with Crippen molar-refractivity contribution in [2.24, 2.45) is 0 Å². The standard InChI is InChI=1S/C14H24N2O2/c1-5-6-12-7-11(9-17)8-13(15-12)16(4)14(2,3)10-18/h7-8,17-18H,5-6,9-10H2,1-4H3. The van der Waals surface area contributed by atoms with Crippen LogP contribution in [-0.4, -0.2) is 34.4 Å². The van der Waals surface area contributed by atoms with E-state index < -0.39 is 0 Å². The zero-order chi connectivity index (χ0) is 13.8. The molecule has 0 radical (unpaired) electrons. The fourth-order valence-corrected chi connectivity index (χ4v) is 1.70. The van der Waals surface area contributed by atoms with Gasteiger partial charge in [-0.25, -0.2) is 4.98 Å². The van der Waals surface area contributed by atoms with Gasteiger partial charge in [0.2, 0.25) is 0 Å². The molecule has 0 amide bonds. The summed E-state index contributed by atoms with van der Waals surface area (Å²) in [5, 5.41) is 18.7. The molecule has 1 aromatic heterocycles. The molecule has 0 unspecified atom stereocenters. The maximum atomic E-state index is 9.41. The molecule has 0 atom stereocenters. The maximum absolute atomic E-state index is 9.41. The summed E-state index contributed by atoms with van der Waals surface area (Å²) >= 11 is 0. The van der Waals surface area contributed by atoms with Gasteiger partial charge in [0.15, 0.2) is 0 Å². The molecule has 1 heterocycles. The van der Waals surface area contributed by atoms with Crippen LogP contribution in [-0.2, 0) is 13.0 Å². The molecule has 1 rings (SSSR count). The monoisotopic (exact) mass is 252 g/mol. The summed E-state index contributed by atoms with van der Waals surface area (Å²) in [7, 11) is 1.91. The third-order valence-corrected chi connectivity index (χ3v) is 3.25. The highest BCUT2D eigenvalue weighted by molar-refractivity contribution is 5.44. The van der Waals surface area contributed by atoms with Crippen LogP contribution >= 0.6 is 0 Å². The topological polar surface area (TPSA) is 56.6 Å². The van der Waals surface area contributed by atoms with Crippen molar-refractivity contribution >= 4 is 5.82 Å². The van der Waals surface area contributed by atoms with Crippen molar-refractivity contribution < 1.29 is 10.2 Å². The van der Waals surface area contributed by atoms with Crippen LogP contribution in [0.3, 0.4) is 0 Å². The Hall–Kier alpha value is -1.13. The number of anilines is 1. The van der Waals surface area contributed by atoms with Crippen molar-refractivity contribution in [1.29, 1.82) is 0 Å². The van der Waals surface area contributed by atoms with Crippen LogP contribution in [0.15, 0.2) is 12.1 Å². The molecule has 4 heteroatoms. The number of likely N-dealkylation sites (N-methyl/N-ethyl adjacent to an activating group) is 1. The van der Waals surface area contributed by atoms with Crippen molar-refractivity contribution in [3.63, 3.8) is 0 Å². The Morgan fingerprint density at radius 2 is 1.94 bits per heavy atom. The number of aliphatic hydroxyl groups excluding tert-OH is 2. The van der Waals surface area contributed by atoms with Crippen LogP contribution in [0.2, 0.25) is 0 Å². The Labute approximate surface area is 109 Å². The number of rotatable bonds is 6. The number of aryl methyl sites for hydroxylation is 1.